The maximum absolute atomic E-state index is 12.2. The average Bonchev–Trinajstić information content (AvgIpc) is 3.40. The van der Waals surface area contributed by atoms with Crippen molar-refractivity contribution in [3.8, 4) is 11.4 Å². The normalized spacial score (nSPS) is 11.1. The standard InChI is InChI=1S/C25H22ClN3O3/c1-17-3-4-18(2)29(17)21-9-11-22(12-10-21)31-16-23-13-14-24(32-23)25(30)28-27-15-19-5-7-20(26)8-6-19/h3-15H,16H2,1-2H3,(H,28,30). The molecule has 6 nitrogen and oxygen atoms in total. The van der Waals surface area contributed by atoms with Crippen molar-refractivity contribution in [2.24, 2.45) is 5.10 Å². The molecule has 2 aromatic carbocycles. The van der Waals surface area contributed by atoms with Gasteiger partial charge in [-0.3, -0.25) is 4.79 Å². The number of hydrogen-bond acceptors (Lipinski definition) is 4. The number of ether oxygens (including phenoxy) is 1. The van der Waals surface area contributed by atoms with Crippen LogP contribution >= 0.6 is 11.6 Å². The molecule has 7 heteroatoms. The van der Waals surface area contributed by atoms with Crippen LogP contribution in [0.3, 0.4) is 0 Å². The van der Waals surface area contributed by atoms with Gasteiger partial charge in [-0.2, -0.15) is 5.10 Å². The molecule has 4 aromatic rings. The van der Waals surface area contributed by atoms with Crippen LogP contribution in [0, 0.1) is 13.8 Å². The Labute approximate surface area is 191 Å². The monoisotopic (exact) mass is 447 g/mol. The molecule has 0 aliphatic carbocycles. The number of carbonyl (C=O) groups excluding carboxylic acids is 1. The number of nitrogens with zero attached hydrogens (tertiary/aromatic N) is 2. The summed E-state index contributed by atoms with van der Waals surface area (Å²) in [6, 6.07) is 22.4. The molecule has 1 N–H and O–H groups in total. The second-order valence-electron chi connectivity index (χ2n) is 7.25. The van der Waals surface area contributed by atoms with Crippen molar-refractivity contribution in [2.75, 3.05) is 0 Å². The fourth-order valence-corrected chi connectivity index (χ4v) is 3.39. The summed E-state index contributed by atoms with van der Waals surface area (Å²) in [4.78, 5) is 12.2. The van der Waals surface area contributed by atoms with Gasteiger partial charge in [-0.05, 0) is 80.1 Å². The molecule has 0 saturated heterocycles. The van der Waals surface area contributed by atoms with Crippen LogP contribution in [0.5, 0.6) is 5.75 Å². The molecule has 0 saturated carbocycles. The first-order valence-electron chi connectivity index (χ1n) is 10.1. The Morgan fingerprint density at radius 1 is 1.00 bits per heavy atom. The second kappa shape index (κ2) is 9.58. The predicted molar refractivity (Wildman–Crippen MR) is 125 cm³/mol. The highest BCUT2D eigenvalue weighted by Gasteiger charge is 2.11. The lowest BCUT2D eigenvalue weighted by Gasteiger charge is -2.10. The minimum Gasteiger partial charge on any atom is -0.486 e. The maximum atomic E-state index is 12.2. The molecule has 0 aliphatic rings. The average molecular weight is 448 g/mol. The van der Waals surface area contributed by atoms with E-state index in [1.807, 2.05) is 24.3 Å². The lowest BCUT2D eigenvalue weighted by Crippen LogP contribution is -2.16. The van der Waals surface area contributed by atoms with Gasteiger partial charge in [-0.1, -0.05) is 23.7 Å². The van der Waals surface area contributed by atoms with E-state index in [1.54, 1.807) is 36.4 Å². The number of furan rings is 1. The van der Waals surface area contributed by atoms with Gasteiger partial charge in [0.15, 0.2) is 5.76 Å². The SMILES string of the molecule is Cc1ccc(C)n1-c1ccc(OCc2ccc(C(=O)NN=Cc3ccc(Cl)cc3)o2)cc1. The molecule has 162 valence electrons. The van der Waals surface area contributed by atoms with E-state index in [1.165, 1.54) is 17.6 Å². The van der Waals surface area contributed by atoms with Crippen molar-refractivity contribution in [1.82, 2.24) is 9.99 Å². The highest BCUT2D eigenvalue weighted by atomic mass is 35.5. The van der Waals surface area contributed by atoms with Crippen molar-refractivity contribution in [3.63, 3.8) is 0 Å². The fraction of sp³-hybridized carbons (Fsp3) is 0.120. The quantitative estimate of drug-likeness (QED) is 0.292. The lowest BCUT2D eigenvalue weighted by molar-refractivity contribution is 0.0923. The summed E-state index contributed by atoms with van der Waals surface area (Å²) < 4.78 is 13.5. The van der Waals surface area contributed by atoms with Crippen LogP contribution in [0.4, 0.5) is 0 Å². The summed E-state index contributed by atoms with van der Waals surface area (Å²) in [6.07, 6.45) is 1.53. The Morgan fingerprint density at radius 3 is 2.38 bits per heavy atom. The largest absolute Gasteiger partial charge is 0.486 e. The van der Waals surface area contributed by atoms with Crippen LogP contribution in [0.1, 0.15) is 33.3 Å². The third-order valence-corrected chi connectivity index (χ3v) is 5.13. The minimum absolute atomic E-state index is 0.158. The molecule has 2 aromatic heterocycles. The maximum Gasteiger partial charge on any atom is 0.307 e. The lowest BCUT2D eigenvalue weighted by atomic mass is 10.2. The van der Waals surface area contributed by atoms with E-state index in [9.17, 15) is 4.79 Å². The van der Waals surface area contributed by atoms with Gasteiger partial charge in [0.05, 0.1) is 6.21 Å². The summed E-state index contributed by atoms with van der Waals surface area (Å²) in [5, 5.41) is 4.57. The molecule has 2 heterocycles. The van der Waals surface area contributed by atoms with Crippen LogP contribution in [-0.2, 0) is 6.61 Å². The summed E-state index contributed by atoms with van der Waals surface area (Å²) in [6.45, 7) is 4.36. The van der Waals surface area contributed by atoms with E-state index >= 15 is 0 Å². The zero-order valence-electron chi connectivity index (χ0n) is 17.7. The molecule has 32 heavy (non-hydrogen) atoms. The van der Waals surface area contributed by atoms with Crippen LogP contribution in [0.15, 0.2) is 82.3 Å². The zero-order valence-corrected chi connectivity index (χ0v) is 18.5. The number of halogens is 1. The molecule has 0 unspecified atom stereocenters. The zero-order chi connectivity index (χ0) is 22.5. The molecule has 0 radical (unpaired) electrons. The number of carbonyl (C=O) groups is 1. The molecule has 0 fully saturated rings. The van der Waals surface area contributed by atoms with Gasteiger partial charge in [0.2, 0.25) is 0 Å². The summed E-state index contributed by atoms with van der Waals surface area (Å²) in [5.74, 6) is 0.971. The van der Waals surface area contributed by atoms with Gasteiger partial charge in [-0.15, -0.1) is 0 Å². The first kappa shape index (κ1) is 21.5. The van der Waals surface area contributed by atoms with Crippen molar-refractivity contribution < 1.29 is 13.9 Å². The predicted octanol–water partition coefficient (Wildman–Crippen LogP) is 5.68. The molecule has 0 bridgehead atoms. The Kier molecular flexibility index (Phi) is 6.42. The molecule has 0 spiro atoms. The molecule has 1 amide bonds. The third-order valence-electron chi connectivity index (χ3n) is 4.88. The first-order valence-corrected chi connectivity index (χ1v) is 10.4. The van der Waals surface area contributed by atoms with E-state index in [2.05, 4.69) is 41.1 Å². The van der Waals surface area contributed by atoms with Gasteiger partial charge in [0.1, 0.15) is 18.1 Å². The number of aromatic nitrogens is 1. The molecular weight excluding hydrogens is 426 g/mol. The minimum atomic E-state index is -0.441. The second-order valence-corrected chi connectivity index (χ2v) is 7.69. The molecular formula is C25H22ClN3O3. The number of hydrazone groups is 1. The number of aryl methyl sites for hydroxylation is 2. The van der Waals surface area contributed by atoms with Crippen molar-refractivity contribution in [2.45, 2.75) is 20.5 Å². The van der Waals surface area contributed by atoms with E-state index in [4.69, 9.17) is 20.8 Å². The molecule has 4 rings (SSSR count). The van der Waals surface area contributed by atoms with Crippen molar-refractivity contribution >= 4 is 23.7 Å². The summed E-state index contributed by atoms with van der Waals surface area (Å²) in [5.41, 5.74) is 6.68. The Morgan fingerprint density at radius 2 is 1.69 bits per heavy atom. The number of amides is 1. The summed E-state index contributed by atoms with van der Waals surface area (Å²) >= 11 is 5.84. The highest BCUT2D eigenvalue weighted by molar-refractivity contribution is 6.30. The topological polar surface area (TPSA) is 68.8 Å². The van der Waals surface area contributed by atoms with Gasteiger partial charge < -0.3 is 13.7 Å². The Balaban J connectivity index is 1.31. The van der Waals surface area contributed by atoms with Gasteiger partial charge in [-0.25, -0.2) is 5.43 Å². The van der Waals surface area contributed by atoms with Crippen LogP contribution in [-0.4, -0.2) is 16.7 Å². The number of nitrogens with one attached hydrogen (secondary N) is 1. The smallest absolute Gasteiger partial charge is 0.307 e. The van der Waals surface area contributed by atoms with Crippen molar-refractivity contribution in [1.29, 1.82) is 0 Å². The van der Waals surface area contributed by atoms with Gasteiger partial charge in [0.25, 0.3) is 0 Å². The number of benzene rings is 2. The van der Waals surface area contributed by atoms with Gasteiger partial charge in [0, 0.05) is 22.1 Å². The highest BCUT2D eigenvalue weighted by Crippen LogP contribution is 2.21. The van der Waals surface area contributed by atoms with Crippen molar-refractivity contribution in [3.05, 3.63) is 106 Å². The van der Waals surface area contributed by atoms with Crippen LogP contribution in [0.25, 0.3) is 5.69 Å². The fourth-order valence-electron chi connectivity index (χ4n) is 3.27. The van der Waals surface area contributed by atoms with E-state index < -0.39 is 5.91 Å². The Hall–Kier alpha value is -3.77. The van der Waals surface area contributed by atoms with Gasteiger partial charge >= 0.3 is 5.91 Å². The Bertz CT molecular complexity index is 1220. The molecule has 0 atom stereocenters. The van der Waals surface area contributed by atoms with E-state index in [0.717, 1.165) is 11.3 Å². The van der Waals surface area contributed by atoms with E-state index in [0.29, 0.717) is 16.5 Å². The van der Waals surface area contributed by atoms with Crippen LogP contribution < -0.4 is 10.2 Å². The van der Waals surface area contributed by atoms with E-state index in [-0.39, 0.29) is 12.4 Å². The third kappa shape index (κ3) is 5.10. The van der Waals surface area contributed by atoms with Crippen LogP contribution in [0.2, 0.25) is 5.02 Å². The number of rotatable bonds is 7. The number of hydrogen-bond donors (Lipinski definition) is 1. The first-order chi connectivity index (χ1) is 15.5. The summed E-state index contributed by atoms with van der Waals surface area (Å²) in [7, 11) is 0. The molecule has 0 aliphatic heterocycles.